The zero-order valence-electron chi connectivity index (χ0n) is 10.9. The highest BCUT2D eigenvalue weighted by atomic mass is 16.4. The number of rotatable bonds is 4. The molecule has 2 rings (SSSR count). The highest BCUT2D eigenvalue weighted by Crippen LogP contribution is 2.20. The lowest BCUT2D eigenvalue weighted by molar-refractivity contribution is 0.0698. The topological polar surface area (TPSA) is 52.6 Å². The summed E-state index contributed by atoms with van der Waals surface area (Å²) < 4.78 is 0. The Bertz CT molecular complexity index is 445. The minimum Gasteiger partial charge on any atom is -0.478 e. The predicted octanol–water partition coefficient (Wildman–Crippen LogP) is 2.20. The lowest BCUT2D eigenvalue weighted by atomic mass is 10.1. The molecule has 1 aliphatic rings. The number of likely N-dealkylation sites (N-methyl/N-ethyl adjacent to an activating group) is 1. The third kappa shape index (κ3) is 2.82. The van der Waals surface area contributed by atoms with Gasteiger partial charge >= 0.3 is 5.97 Å². The van der Waals surface area contributed by atoms with Crippen molar-refractivity contribution in [2.45, 2.75) is 25.8 Å². The number of likely N-dealkylation sites (tertiary alicyclic amines) is 1. The molecule has 2 N–H and O–H groups in total. The number of carboxylic acid groups (broad SMARTS) is 1. The average Bonchev–Trinajstić information content (AvgIpc) is 2.72. The van der Waals surface area contributed by atoms with Gasteiger partial charge in [0.15, 0.2) is 0 Å². The minimum absolute atomic E-state index is 0.348. The van der Waals surface area contributed by atoms with Gasteiger partial charge in [-0.05, 0) is 51.1 Å². The van der Waals surface area contributed by atoms with Crippen molar-refractivity contribution < 1.29 is 9.90 Å². The van der Waals surface area contributed by atoms with Gasteiger partial charge in [0.1, 0.15) is 0 Å². The third-order valence-electron chi connectivity index (χ3n) is 3.61. The van der Waals surface area contributed by atoms with Crippen LogP contribution in [-0.2, 0) is 0 Å². The molecule has 0 radical (unpaired) electrons. The van der Waals surface area contributed by atoms with E-state index >= 15 is 0 Å². The lowest BCUT2D eigenvalue weighted by Gasteiger charge is -2.21. The minimum atomic E-state index is -0.878. The van der Waals surface area contributed by atoms with Crippen molar-refractivity contribution in [1.82, 2.24) is 4.90 Å². The van der Waals surface area contributed by atoms with E-state index in [1.54, 1.807) is 6.07 Å². The fraction of sp³-hybridized carbons (Fsp3) is 0.500. The van der Waals surface area contributed by atoms with Gasteiger partial charge in [0.05, 0.1) is 5.56 Å². The highest BCUT2D eigenvalue weighted by Gasteiger charge is 2.21. The summed E-state index contributed by atoms with van der Waals surface area (Å²) in [6.07, 6.45) is 2.40. The van der Waals surface area contributed by atoms with E-state index in [4.69, 9.17) is 5.11 Å². The van der Waals surface area contributed by atoms with Crippen molar-refractivity contribution in [3.8, 4) is 0 Å². The Morgan fingerprint density at radius 3 is 2.94 bits per heavy atom. The molecule has 4 nitrogen and oxygen atoms in total. The van der Waals surface area contributed by atoms with E-state index < -0.39 is 5.97 Å². The molecule has 0 amide bonds. The fourth-order valence-electron chi connectivity index (χ4n) is 2.46. The van der Waals surface area contributed by atoms with E-state index in [9.17, 15) is 4.79 Å². The average molecular weight is 248 g/mol. The summed E-state index contributed by atoms with van der Waals surface area (Å²) in [4.78, 5) is 13.5. The van der Waals surface area contributed by atoms with E-state index in [1.165, 1.54) is 12.8 Å². The van der Waals surface area contributed by atoms with Crippen molar-refractivity contribution >= 4 is 11.7 Å². The summed E-state index contributed by atoms with van der Waals surface area (Å²) >= 11 is 0. The summed E-state index contributed by atoms with van der Waals surface area (Å²) in [6, 6.07) is 5.90. The van der Waals surface area contributed by atoms with Gasteiger partial charge in [-0.3, -0.25) is 0 Å². The van der Waals surface area contributed by atoms with Gasteiger partial charge in [-0.25, -0.2) is 4.79 Å². The SMILES string of the molecule is Cc1ccc(C(=O)O)c(NCC2CCCN2C)c1. The van der Waals surface area contributed by atoms with Crippen LogP contribution in [0.25, 0.3) is 0 Å². The van der Waals surface area contributed by atoms with E-state index in [1.807, 2.05) is 19.1 Å². The molecule has 0 bridgehead atoms. The van der Waals surface area contributed by atoms with Gasteiger partial charge in [-0.15, -0.1) is 0 Å². The molecule has 0 aromatic heterocycles. The van der Waals surface area contributed by atoms with Crippen LogP contribution in [0.5, 0.6) is 0 Å². The van der Waals surface area contributed by atoms with Gasteiger partial charge in [-0.1, -0.05) is 6.07 Å². The maximum Gasteiger partial charge on any atom is 0.337 e. The fourth-order valence-corrected chi connectivity index (χ4v) is 2.46. The smallest absolute Gasteiger partial charge is 0.337 e. The van der Waals surface area contributed by atoms with Crippen LogP contribution in [0, 0.1) is 6.92 Å². The van der Waals surface area contributed by atoms with Crippen LogP contribution in [0.4, 0.5) is 5.69 Å². The summed E-state index contributed by atoms with van der Waals surface area (Å²) in [5.41, 5.74) is 2.14. The first-order valence-corrected chi connectivity index (χ1v) is 6.36. The molecule has 1 aromatic carbocycles. The van der Waals surface area contributed by atoms with Crippen LogP contribution in [0.3, 0.4) is 0 Å². The number of carboxylic acids is 1. The molecule has 1 fully saturated rings. The summed E-state index contributed by atoms with van der Waals surface area (Å²) in [7, 11) is 2.12. The van der Waals surface area contributed by atoms with Gasteiger partial charge in [0, 0.05) is 18.3 Å². The van der Waals surface area contributed by atoms with Crippen LogP contribution in [0.15, 0.2) is 18.2 Å². The van der Waals surface area contributed by atoms with Crippen molar-refractivity contribution in [3.63, 3.8) is 0 Å². The Hall–Kier alpha value is -1.55. The standard InChI is InChI=1S/C14H20N2O2/c1-10-5-6-12(14(17)18)13(8-10)15-9-11-4-3-7-16(11)2/h5-6,8,11,15H,3-4,7,9H2,1-2H3,(H,17,18). The number of aromatic carboxylic acids is 1. The first-order valence-electron chi connectivity index (χ1n) is 6.36. The number of carbonyl (C=O) groups is 1. The molecule has 1 aliphatic heterocycles. The number of hydrogen-bond acceptors (Lipinski definition) is 3. The van der Waals surface area contributed by atoms with Gasteiger partial charge < -0.3 is 15.3 Å². The summed E-state index contributed by atoms with van der Waals surface area (Å²) in [5.74, 6) is -0.878. The monoisotopic (exact) mass is 248 g/mol. The van der Waals surface area contributed by atoms with Crippen LogP contribution in [0.2, 0.25) is 0 Å². The summed E-state index contributed by atoms with van der Waals surface area (Å²) in [5, 5.41) is 12.4. The van der Waals surface area contributed by atoms with Crippen molar-refractivity contribution in [1.29, 1.82) is 0 Å². The van der Waals surface area contributed by atoms with Crippen molar-refractivity contribution in [2.75, 3.05) is 25.5 Å². The van der Waals surface area contributed by atoms with E-state index in [0.717, 1.165) is 24.3 Å². The molecule has 1 atom stereocenters. The Kier molecular flexibility index (Phi) is 3.87. The van der Waals surface area contributed by atoms with Crippen LogP contribution >= 0.6 is 0 Å². The van der Waals surface area contributed by atoms with E-state index in [-0.39, 0.29) is 0 Å². The predicted molar refractivity (Wildman–Crippen MR) is 72.3 cm³/mol. The molecule has 1 unspecified atom stereocenters. The van der Waals surface area contributed by atoms with Crippen molar-refractivity contribution in [2.24, 2.45) is 0 Å². The third-order valence-corrected chi connectivity index (χ3v) is 3.61. The molecule has 18 heavy (non-hydrogen) atoms. The molecular weight excluding hydrogens is 228 g/mol. The second-order valence-corrected chi connectivity index (χ2v) is 5.01. The van der Waals surface area contributed by atoms with Crippen LogP contribution in [-0.4, -0.2) is 42.2 Å². The largest absolute Gasteiger partial charge is 0.478 e. The second kappa shape index (κ2) is 5.40. The molecule has 4 heteroatoms. The zero-order valence-corrected chi connectivity index (χ0v) is 10.9. The number of benzene rings is 1. The number of hydrogen-bond donors (Lipinski definition) is 2. The molecule has 1 heterocycles. The number of nitrogens with one attached hydrogen (secondary N) is 1. The zero-order chi connectivity index (χ0) is 13.1. The number of anilines is 1. The van der Waals surface area contributed by atoms with Gasteiger partial charge in [-0.2, -0.15) is 0 Å². The Labute approximate surface area is 108 Å². The molecule has 1 aromatic rings. The first-order chi connectivity index (χ1) is 8.58. The van der Waals surface area contributed by atoms with Gasteiger partial charge in [0.2, 0.25) is 0 Å². The molecule has 0 aliphatic carbocycles. The second-order valence-electron chi connectivity index (χ2n) is 5.01. The quantitative estimate of drug-likeness (QED) is 0.857. The highest BCUT2D eigenvalue weighted by molar-refractivity contribution is 5.94. The molecule has 98 valence electrons. The van der Waals surface area contributed by atoms with Gasteiger partial charge in [0.25, 0.3) is 0 Å². The molecule has 0 saturated carbocycles. The molecular formula is C14H20N2O2. The molecule has 0 spiro atoms. The van der Waals surface area contributed by atoms with E-state index in [0.29, 0.717) is 11.6 Å². The summed E-state index contributed by atoms with van der Waals surface area (Å²) in [6.45, 7) is 3.91. The normalized spacial score (nSPS) is 20.0. The Morgan fingerprint density at radius 1 is 1.56 bits per heavy atom. The maximum atomic E-state index is 11.1. The number of nitrogens with zero attached hydrogens (tertiary/aromatic N) is 1. The first kappa shape index (κ1) is 12.9. The number of aryl methyl sites for hydroxylation is 1. The van der Waals surface area contributed by atoms with E-state index in [2.05, 4.69) is 17.3 Å². The maximum absolute atomic E-state index is 11.1. The Morgan fingerprint density at radius 2 is 2.33 bits per heavy atom. The van der Waals surface area contributed by atoms with Crippen LogP contribution in [0.1, 0.15) is 28.8 Å². The Balaban J connectivity index is 2.08. The van der Waals surface area contributed by atoms with Crippen LogP contribution < -0.4 is 5.32 Å². The lowest BCUT2D eigenvalue weighted by Crippen LogP contribution is -2.31. The molecule has 1 saturated heterocycles. The van der Waals surface area contributed by atoms with Crippen molar-refractivity contribution in [3.05, 3.63) is 29.3 Å².